The first-order valence-electron chi connectivity index (χ1n) is 7.36. The zero-order valence-electron chi connectivity index (χ0n) is 13.4. The van der Waals surface area contributed by atoms with Crippen LogP contribution in [0.3, 0.4) is 0 Å². The first-order valence-corrected chi connectivity index (χ1v) is 8.13. The van der Waals surface area contributed by atoms with Gasteiger partial charge >= 0.3 is 6.01 Å². The fourth-order valence-corrected chi connectivity index (χ4v) is 2.71. The number of carbonyl (C=O) groups is 1. The summed E-state index contributed by atoms with van der Waals surface area (Å²) in [4.78, 5) is 27.4. The third-order valence-electron chi connectivity index (χ3n) is 3.39. The van der Waals surface area contributed by atoms with Gasteiger partial charge in [-0.25, -0.2) is 0 Å². The normalized spacial score (nSPS) is 14.5. The molecule has 0 unspecified atom stereocenters. The number of carbonyl (C=O) groups excluding carboxylic acids is 1. The predicted octanol–water partition coefficient (Wildman–Crippen LogP) is -0.193. The minimum absolute atomic E-state index is 0.159. The van der Waals surface area contributed by atoms with E-state index in [0.29, 0.717) is 48.6 Å². The van der Waals surface area contributed by atoms with Crippen LogP contribution < -0.4 is 15.0 Å². The molecule has 0 aromatic carbocycles. The van der Waals surface area contributed by atoms with Crippen LogP contribution in [0.1, 0.15) is 21.2 Å². The van der Waals surface area contributed by atoms with Crippen molar-refractivity contribution in [2.45, 2.75) is 13.5 Å². The molecule has 0 saturated carbocycles. The Kier molecular flexibility index (Phi) is 5.11. The van der Waals surface area contributed by atoms with Gasteiger partial charge in [0, 0.05) is 13.1 Å². The van der Waals surface area contributed by atoms with Gasteiger partial charge in [-0.1, -0.05) is 4.49 Å². The second-order valence-corrected chi connectivity index (χ2v) is 5.76. The Morgan fingerprint density at radius 3 is 2.79 bits per heavy atom. The van der Waals surface area contributed by atoms with Crippen molar-refractivity contribution in [3.63, 3.8) is 0 Å². The molecule has 0 aliphatic carbocycles. The van der Waals surface area contributed by atoms with Gasteiger partial charge in [-0.2, -0.15) is 15.0 Å². The van der Waals surface area contributed by atoms with E-state index in [1.807, 2.05) is 4.90 Å². The Labute approximate surface area is 142 Å². The molecular weight excluding hydrogens is 334 g/mol. The van der Waals surface area contributed by atoms with Crippen molar-refractivity contribution in [2.24, 2.45) is 0 Å². The van der Waals surface area contributed by atoms with E-state index in [1.165, 1.54) is 7.11 Å². The number of aromatic nitrogens is 5. The number of nitrogens with zero attached hydrogens (tertiary/aromatic N) is 6. The fourth-order valence-electron chi connectivity index (χ4n) is 2.14. The van der Waals surface area contributed by atoms with E-state index in [4.69, 9.17) is 9.47 Å². The van der Waals surface area contributed by atoms with Crippen LogP contribution in [0.25, 0.3) is 0 Å². The summed E-state index contributed by atoms with van der Waals surface area (Å²) in [5.41, 5.74) is 0.597. The summed E-state index contributed by atoms with van der Waals surface area (Å²) in [5, 5.41) is 6.59. The molecule has 1 aliphatic heterocycles. The molecule has 1 N–H and O–H groups in total. The molecule has 1 aliphatic rings. The smallest absolute Gasteiger partial charge is 0.321 e. The third-order valence-corrected chi connectivity index (χ3v) is 4.22. The van der Waals surface area contributed by atoms with Crippen molar-refractivity contribution in [2.75, 3.05) is 38.3 Å². The Balaban J connectivity index is 1.72. The van der Waals surface area contributed by atoms with Crippen LogP contribution in [0.15, 0.2) is 0 Å². The molecule has 3 heterocycles. The predicted molar refractivity (Wildman–Crippen MR) is 85.2 cm³/mol. The first-order chi connectivity index (χ1) is 11.7. The lowest BCUT2D eigenvalue weighted by atomic mass is 10.4. The zero-order chi connectivity index (χ0) is 16.9. The summed E-state index contributed by atoms with van der Waals surface area (Å²) in [6.45, 7) is 4.54. The standard InChI is InChI=1S/C13H17N7O3S/c1-8-10(24-19-18-8)11(21)14-7-9-15-12(17-13(16-9)22-2)20-3-5-23-6-4-20/h3-7H2,1-2H3,(H,14,21). The van der Waals surface area contributed by atoms with Crippen LogP contribution >= 0.6 is 11.5 Å². The van der Waals surface area contributed by atoms with Crippen molar-refractivity contribution in [1.82, 2.24) is 29.9 Å². The lowest BCUT2D eigenvalue weighted by Gasteiger charge is -2.26. The number of ether oxygens (including phenoxy) is 2. The van der Waals surface area contributed by atoms with Gasteiger partial charge in [-0.05, 0) is 18.5 Å². The molecule has 2 aromatic rings. The van der Waals surface area contributed by atoms with Crippen LogP contribution in [-0.4, -0.2) is 63.9 Å². The second kappa shape index (κ2) is 7.45. The molecule has 10 nitrogen and oxygen atoms in total. The van der Waals surface area contributed by atoms with E-state index >= 15 is 0 Å². The van der Waals surface area contributed by atoms with Gasteiger partial charge in [-0.3, -0.25) is 4.79 Å². The van der Waals surface area contributed by atoms with Gasteiger partial charge in [0.15, 0.2) is 5.82 Å². The molecule has 0 atom stereocenters. The minimum atomic E-state index is -0.255. The van der Waals surface area contributed by atoms with E-state index in [1.54, 1.807) is 6.92 Å². The molecule has 1 saturated heterocycles. The quantitative estimate of drug-likeness (QED) is 0.782. The van der Waals surface area contributed by atoms with E-state index in [9.17, 15) is 4.79 Å². The average molecular weight is 351 g/mol. The number of hydrogen-bond donors (Lipinski definition) is 1. The third kappa shape index (κ3) is 3.74. The van der Waals surface area contributed by atoms with Crippen LogP contribution in [0, 0.1) is 6.92 Å². The summed E-state index contributed by atoms with van der Waals surface area (Å²) < 4.78 is 14.2. The monoisotopic (exact) mass is 351 g/mol. The maximum atomic E-state index is 12.1. The molecule has 1 fully saturated rings. The van der Waals surface area contributed by atoms with E-state index < -0.39 is 0 Å². The molecule has 11 heteroatoms. The van der Waals surface area contributed by atoms with Gasteiger partial charge in [0.2, 0.25) is 5.95 Å². The molecule has 3 rings (SSSR count). The minimum Gasteiger partial charge on any atom is -0.467 e. The van der Waals surface area contributed by atoms with E-state index in [0.717, 1.165) is 11.5 Å². The maximum absolute atomic E-state index is 12.1. The Hall–Kier alpha value is -2.40. The average Bonchev–Trinajstić information content (AvgIpc) is 3.06. The lowest BCUT2D eigenvalue weighted by Crippen LogP contribution is -2.37. The highest BCUT2D eigenvalue weighted by Crippen LogP contribution is 2.14. The van der Waals surface area contributed by atoms with Gasteiger partial charge in [0.05, 0.1) is 32.6 Å². The number of anilines is 1. The Bertz CT molecular complexity index is 717. The largest absolute Gasteiger partial charge is 0.467 e. The molecule has 0 radical (unpaired) electrons. The van der Waals surface area contributed by atoms with Gasteiger partial charge in [0.25, 0.3) is 5.91 Å². The number of nitrogens with one attached hydrogen (secondary N) is 1. The van der Waals surface area contributed by atoms with Crippen LogP contribution in [0.5, 0.6) is 6.01 Å². The van der Waals surface area contributed by atoms with Crippen LogP contribution in [0.4, 0.5) is 5.95 Å². The number of methoxy groups -OCH3 is 1. The van der Waals surface area contributed by atoms with Crippen molar-refractivity contribution in [3.8, 4) is 6.01 Å². The topological polar surface area (TPSA) is 115 Å². The van der Waals surface area contributed by atoms with Gasteiger partial charge < -0.3 is 19.7 Å². The lowest BCUT2D eigenvalue weighted by molar-refractivity contribution is 0.0953. The van der Waals surface area contributed by atoms with Gasteiger partial charge in [0.1, 0.15) is 4.88 Å². The molecule has 1 amide bonds. The van der Waals surface area contributed by atoms with E-state index in [-0.39, 0.29) is 18.5 Å². The molecule has 24 heavy (non-hydrogen) atoms. The number of amides is 1. The zero-order valence-corrected chi connectivity index (χ0v) is 14.2. The Morgan fingerprint density at radius 1 is 1.33 bits per heavy atom. The molecule has 2 aromatic heterocycles. The van der Waals surface area contributed by atoms with E-state index in [2.05, 4.69) is 29.9 Å². The summed E-state index contributed by atoms with van der Waals surface area (Å²) >= 11 is 1.05. The number of hydrogen-bond acceptors (Lipinski definition) is 10. The highest BCUT2D eigenvalue weighted by atomic mass is 32.1. The molecule has 0 spiro atoms. The SMILES string of the molecule is COc1nc(CNC(=O)c2snnc2C)nc(N2CCOCC2)n1. The second-order valence-electron chi connectivity index (χ2n) is 5.01. The summed E-state index contributed by atoms with van der Waals surface area (Å²) in [6.07, 6.45) is 0. The maximum Gasteiger partial charge on any atom is 0.321 e. The fraction of sp³-hybridized carbons (Fsp3) is 0.538. The molecule has 0 bridgehead atoms. The molecular formula is C13H17N7O3S. The summed E-state index contributed by atoms with van der Waals surface area (Å²) in [6, 6.07) is 0.214. The summed E-state index contributed by atoms with van der Waals surface area (Å²) in [5.74, 6) is 0.687. The van der Waals surface area contributed by atoms with Crippen LogP contribution in [0.2, 0.25) is 0 Å². The summed E-state index contributed by atoms with van der Waals surface area (Å²) in [7, 11) is 1.49. The first kappa shape index (κ1) is 16.5. The van der Waals surface area contributed by atoms with Crippen molar-refractivity contribution in [3.05, 3.63) is 16.4 Å². The molecule has 128 valence electrons. The van der Waals surface area contributed by atoms with Crippen molar-refractivity contribution in [1.29, 1.82) is 0 Å². The number of rotatable bonds is 5. The van der Waals surface area contributed by atoms with Crippen LogP contribution in [-0.2, 0) is 11.3 Å². The highest BCUT2D eigenvalue weighted by Gasteiger charge is 2.18. The van der Waals surface area contributed by atoms with Crippen molar-refractivity contribution < 1.29 is 14.3 Å². The van der Waals surface area contributed by atoms with Gasteiger partial charge in [-0.15, -0.1) is 5.10 Å². The number of aryl methyl sites for hydroxylation is 1. The Morgan fingerprint density at radius 2 is 2.12 bits per heavy atom. The van der Waals surface area contributed by atoms with Crippen molar-refractivity contribution >= 4 is 23.4 Å². The highest BCUT2D eigenvalue weighted by molar-refractivity contribution is 7.07. The number of morpholine rings is 1.